The van der Waals surface area contributed by atoms with E-state index in [0.717, 1.165) is 39.5 Å². The summed E-state index contributed by atoms with van der Waals surface area (Å²) in [6.45, 7) is 0. The quantitative estimate of drug-likeness (QED) is 0.472. The second-order valence-corrected chi connectivity index (χ2v) is 8.70. The maximum absolute atomic E-state index is 12.6. The van der Waals surface area contributed by atoms with Crippen molar-refractivity contribution in [3.8, 4) is 21.8 Å². The molecule has 0 spiro atoms. The summed E-state index contributed by atoms with van der Waals surface area (Å²) < 4.78 is 0. The van der Waals surface area contributed by atoms with Crippen molar-refractivity contribution in [1.82, 2.24) is 9.97 Å². The van der Waals surface area contributed by atoms with Crippen LogP contribution in [0.5, 0.6) is 0 Å². The predicted octanol–water partition coefficient (Wildman–Crippen LogP) is 5.07. The highest BCUT2D eigenvalue weighted by Crippen LogP contribution is 2.31. The van der Waals surface area contributed by atoms with Crippen LogP contribution in [0.15, 0.2) is 60.1 Å². The Morgan fingerprint density at radius 3 is 2.80 bits per heavy atom. The summed E-state index contributed by atoms with van der Waals surface area (Å²) in [6, 6.07) is 15.7. The summed E-state index contributed by atoms with van der Waals surface area (Å²) in [7, 11) is 0. The lowest BCUT2D eigenvalue weighted by Gasteiger charge is -2.17. The van der Waals surface area contributed by atoms with Crippen LogP contribution in [0.3, 0.4) is 0 Å². The number of amides is 2. The van der Waals surface area contributed by atoms with Crippen LogP contribution in [-0.4, -0.2) is 21.8 Å². The molecule has 0 saturated carbocycles. The number of thiazole rings is 2. The Morgan fingerprint density at radius 2 is 1.93 bits per heavy atom. The minimum atomic E-state index is -0.219. The molecule has 4 aromatic rings. The predicted molar refractivity (Wildman–Crippen MR) is 120 cm³/mol. The first kappa shape index (κ1) is 18.7. The highest BCUT2D eigenvalue weighted by Gasteiger charge is 2.17. The van der Waals surface area contributed by atoms with Gasteiger partial charge in [-0.3, -0.25) is 14.9 Å². The number of aromatic nitrogens is 2. The van der Waals surface area contributed by atoms with Gasteiger partial charge in [-0.05, 0) is 24.1 Å². The zero-order chi connectivity index (χ0) is 20.5. The van der Waals surface area contributed by atoms with E-state index in [1.165, 1.54) is 22.7 Å². The van der Waals surface area contributed by atoms with Gasteiger partial charge in [0.2, 0.25) is 5.91 Å². The van der Waals surface area contributed by atoms with E-state index in [4.69, 9.17) is 0 Å². The Bertz CT molecular complexity index is 1250. The van der Waals surface area contributed by atoms with Crippen molar-refractivity contribution in [2.75, 3.05) is 10.6 Å². The summed E-state index contributed by atoms with van der Waals surface area (Å²) in [6.07, 6.45) is 2.81. The van der Waals surface area contributed by atoms with Gasteiger partial charge < -0.3 is 5.32 Å². The van der Waals surface area contributed by atoms with Crippen LogP contribution in [0.25, 0.3) is 21.8 Å². The van der Waals surface area contributed by atoms with E-state index in [2.05, 4.69) is 20.6 Å². The molecule has 2 N–H and O–H groups in total. The molecule has 0 bridgehead atoms. The second-order valence-electron chi connectivity index (χ2n) is 6.81. The molecule has 2 aromatic heterocycles. The van der Waals surface area contributed by atoms with Crippen molar-refractivity contribution in [3.05, 3.63) is 70.5 Å². The molecule has 3 heterocycles. The van der Waals surface area contributed by atoms with Gasteiger partial charge in [-0.15, -0.1) is 22.7 Å². The van der Waals surface area contributed by atoms with Crippen LogP contribution < -0.4 is 10.6 Å². The van der Waals surface area contributed by atoms with Crippen molar-refractivity contribution < 1.29 is 9.59 Å². The fourth-order valence-electron chi connectivity index (χ4n) is 3.26. The molecule has 0 saturated heterocycles. The van der Waals surface area contributed by atoms with Crippen molar-refractivity contribution in [2.45, 2.75) is 12.8 Å². The van der Waals surface area contributed by atoms with Gasteiger partial charge in [-0.2, -0.15) is 0 Å². The molecular weight excluding hydrogens is 416 g/mol. The number of fused-ring (bicyclic) bond motifs is 1. The summed E-state index contributed by atoms with van der Waals surface area (Å²) in [5, 5.41) is 9.01. The number of carbonyl (C=O) groups is 2. The number of nitrogens with zero attached hydrogens (tertiary/aromatic N) is 2. The van der Waals surface area contributed by atoms with Crippen molar-refractivity contribution in [1.29, 1.82) is 0 Å². The Hall–Kier alpha value is -3.36. The maximum Gasteiger partial charge on any atom is 0.269 e. The molecule has 0 radical (unpaired) electrons. The SMILES string of the molecule is O=C1CCc2cc(-c3csc(NC(=O)c4cnc(-c5ccccc5)s4)n3)ccc2N1. The van der Waals surface area contributed by atoms with Crippen LogP contribution in [0.1, 0.15) is 21.7 Å². The summed E-state index contributed by atoms with van der Waals surface area (Å²) >= 11 is 2.73. The number of aryl methyl sites for hydroxylation is 1. The van der Waals surface area contributed by atoms with Gasteiger partial charge in [-0.1, -0.05) is 36.4 Å². The lowest BCUT2D eigenvalue weighted by molar-refractivity contribution is -0.116. The van der Waals surface area contributed by atoms with Crippen LogP contribution in [0.2, 0.25) is 0 Å². The third kappa shape index (κ3) is 3.74. The van der Waals surface area contributed by atoms with Gasteiger partial charge in [0, 0.05) is 28.6 Å². The van der Waals surface area contributed by atoms with Crippen LogP contribution in [0, 0.1) is 0 Å². The van der Waals surface area contributed by atoms with E-state index >= 15 is 0 Å². The van der Waals surface area contributed by atoms with E-state index in [1.54, 1.807) is 6.20 Å². The summed E-state index contributed by atoms with van der Waals surface area (Å²) in [4.78, 5) is 33.6. The van der Waals surface area contributed by atoms with E-state index < -0.39 is 0 Å². The first-order valence-corrected chi connectivity index (χ1v) is 11.1. The normalized spacial score (nSPS) is 12.9. The van der Waals surface area contributed by atoms with E-state index in [1.807, 2.05) is 53.9 Å². The monoisotopic (exact) mass is 432 g/mol. The van der Waals surface area contributed by atoms with Crippen molar-refractivity contribution in [2.24, 2.45) is 0 Å². The average Bonchev–Trinajstić information content (AvgIpc) is 3.44. The zero-order valence-electron chi connectivity index (χ0n) is 15.7. The number of rotatable bonds is 4. The number of hydrogen-bond donors (Lipinski definition) is 2. The number of nitrogens with one attached hydrogen (secondary N) is 2. The molecular formula is C22H16N4O2S2. The number of carbonyl (C=O) groups excluding carboxylic acids is 2. The largest absolute Gasteiger partial charge is 0.326 e. The lowest BCUT2D eigenvalue weighted by atomic mass is 9.99. The van der Waals surface area contributed by atoms with Gasteiger partial charge in [0.15, 0.2) is 5.13 Å². The summed E-state index contributed by atoms with van der Waals surface area (Å²) in [5.74, 6) is -0.170. The van der Waals surface area contributed by atoms with E-state index in [-0.39, 0.29) is 11.8 Å². The highest BCUT2D eigenvalue weighted by atomic mass is 32.1. The molecule has 5 rings (SSSR count). The lowest BCUT2D eigenvalue weighted by Crippen LogP contribution is -2.18. The van der Waals surface area contributed by atoms with E-state index in [0.29, 0.717) is 16.4 Å². The molecule has 0 aliphatic carbocycles. The molecule has 1 aliphatic heterocycles. The molecule has 6 nitrogen and oxygen atoms in total. The molecule has 148 valence electrons. The molecule has 1 aliphatic rings. The minimum Gasteiger partial charge on any atom is -0.326 e. The first-order chi connectivity index (χ1) is 14.7. The highest BCUT2D eigenvalue weighted by molar-refractivity contribution is 7.17. The molecule has 30 heavy (non-hydrogen) atoms. The first-order valence-electron chi connectivity index (χ1n) is 9.37. The molecule has 2 amide bonds. The Morgan fingerprint density at radius 1 is 1.07 bits per heavy atom. The Labute approximate surface area is 180 Å². The molecule has 0 fully saturated rings. The third-order valence-corrected chi connectivity index (χ3v) is 6.57. The number of benzene rings is 2. The topological polar surface area (TPSA) is 84.0 Å². The standard InChI is InChI=1S/C22H16N4O2S2/c27-19-9-7-14-10-15(6-8-16(14)24-19)17-12-29-22(25-17)26-20(28)18-11-23-21(30-18)13-4-2-1-3-5-13/h1-6,8,10-12H,7,9H2,(H,24,27)(H,25,26,28). The van der Waals surface area contributed by atoms with Gasteiger partial charge in [0.05, 0.1) is 11.9 Å². The smallest absolute Gasteiger partial charge is 0.269 e. The van der Waals surface area contributed by atoms with Crippen LogP contribution >= 0.6 is 22.7 Å². The maximum atomic E-state index is 12.6. The molecule has 8 heteroatoms. The average molecular weight is 433 g/mol. The third-order valence-electron chi connectivity index (χ3n) is 4.77. The molecule has 0 atom stereocenters. The van der Waals surface area contributed by atoms with Crippen molar-refractivity contribution >= 4 is 45.3 Å². The number of anilines is 2. The number of hydrogen-bond acceptors (Lipinski definition) is 6. The Kier molecular flexibility index (Phi) is 4.86. The summed E-state index contributed by atoms with van der Waals surface area (Å²) in [5.41, 5.74) is 4.71. The van der Waals surface area contributed by atoms with Gasteiger partial charge in [0.25, 0.3) is 5.91 Å². The second kappa shape index (κ2) is 7.81. The fraction of sp³-hybridized carbons (Fsp3) is 0.0909. The van der Waals surface area contributed by atoms with Crippen LogP contribution in [-0.2, 0) is 11.2 Å². The fourth-order valence-corrected chi connectivity index (χ4v) is 4.79. The zero-order valence-corrected chi connectivity index (χ0v) is 17.3. The van der Waals surface area contributed by atoms with Gasteiger partial charge in [-0.25, -0.2) is 9.97 Å². The Balaban J connectivity index is 1.31. The molecule has 2 aromatic carbocycles. The van der Waals surface area contributed by atoms with E-state index in [9.17, 15) is 9.59 Å². The van der Waals surface area contributed by atoms with Gasteiger partial charge >= 0.3 is 0 Å². The van der Waals surface area contributed by atoms with Gasteiger partial charge in [0.1, 0.15) is 9.88 Å². The molecule has 0 unspecified atom stereocenters. The van der Waals surface area contributed by atoms with Crippen molar-refractivity contribution in [3.63, 3.8) is 0 Å². The van der Waals surface area contributed by atoms with Crippen LogP contribution in [0.4, 0.5) is 10.8 Å². The minimum absolute atomic E-state index is 0.0485.